The van der Waals surface area contributed by atoms with Gasteiger partial charge in [0.25, 0.3) is 0 Å². The second-order valence-corrected chi connectivity index (χ2v) is 3.99. The number of aliphatic carboxylic acids is 1. The number of phenols is 1. The van der Waals surface area contributed by atoms with Gasteiger partial charge in [0.05, 0.1) is 10.4 Å². The zero-order valence-electron chi connectivity index (χ0n) is 7.91. The third-order valence-electron chi connectivity index (χ3n) is 2.18. The van der Waals surface area contributed by atoms with Crippen LogP contribution >= 0.6 is 15.9 Å². The topological polar surface area (TPSA) is 57.5 Å². The molecule has 0 heterocycles. The van der Waals surface area contributed by atoms with Crippen LogP contribution in [0.2, 0.25) is 0 Å². The number of hydrogen-bond donors (Lipinski definition) is 2. The first kappa shape index (κ1) is 11.0. The molecule has 3 nitrogen and oxygen atoms in total. The summed E-state index contributed by atoms with van der Waals surface area (Å²) < 4.78 is 0.465. The van der Waals surface area contributed by atoms with Gasteiger partial charge in [-0.15, -0.1) is 0 Å². The molecular formula is C10H11BrO3. The van der Waals surface area contributed by atoms with Gasteiger partial charge in [-0.25, -0.2) is 0 Å². The van der Waals surface area contributed by atoms with Gasteiger partial charge in [-0.05, 0) is 40.9 Å². The molecule has 0 saturated heterocycles. The standard InChI is InChI=1S/C10H11BrO3/c1-5-3-4-7(6(2)10(13)14)8(11)9(5)12/h3-4,6,12H,1-2H3,(H,13,14). The summed E-state index contributed by atoms with van der Waals surface area (Å²) in [6, 6.07) is 3.41. The van der Waals surface area contributed by atoms with E-state index in [-0.39, 0.29) is 5.75 Å². The maximum Gasteiger partial charge on any atom is 0.310 e. The van der Waals surface area contributed by atoms with E-state index >= 15 is 0 Å². The Balaban J connectivity index is 3.24. The number of hydrogen-bond acceptors (Lipinski definition) is 2. The van der Waals surface area contributed by atoms with Gasteiger partial charge in [0.15, 0.2) is 0 Å². The molecular weight excluding hydrogens is 248 g/mol. The van der Waals surface area contributed by atoms with Gasteiger partial charge >= 0.3 is 5.97 Å². The van der Waals surface area contributed by atoms with Gasteiger partial charge in [-0.3, -0.25) is 4.79 Å². The van der Waals surface area contributed by atoms with Crippen LogP contribution in [0, 0.1) is 6.92 Å². The van der Waals surface area contributed by atoms with Crippen LogP contribution in [0.1, 0.15) is 24.0 Å². The fourth-order valence-corrected chi connectivity index (χ4v) is 1.93. The summed E-state index contributed by atoms with van der Waals surface area (Å²) in [7, 11) is 0. The number of halogens is 1. The molecule has 1 aromatic rings. The van der Waals surface area contributed by atoms with Crippen LogP contribution in [0.15, 0.2) is 16.6 Å². The highest BCUT2D eigenvalue weighted by atomic mass is 79.9. The van der Waals surface area contributed by atoms with Crippen LogP contribution < -0.4 is 0 Å². The molecule has 0 aliphatic carbocycles. The fourth-order valence-electron chi connectivity index (χ4n) is 1.14. The highest BCUT2D eigenvalue weighted by molar-refractivity contribution is 9.10. The summed E-state index contributed by atoms with van der Waals surface area (Å²) >= 11 is 3.19. The summed E-state index contributed by atoms with van der Waals surface area (Å²) in [5.41, 5.74) is 1.30. The molecule has 0 saturated carbocycles. The van der Waals surface area contributed by atoms with E-state index in [1.807, 2.05) is 0 Å². The lowest BCUT2D eigenvalue weighted by Crippen LogP contribution is -2.08. The third-order valence-corrected chi connectivity index (χ3v) is 3.02. The van der Waals surface area contributed by atoms with E-state index in [2.05, 4.69) is 15.9 Å². The minimum atomic E-state index is -0.908. The van der Waals surface area contributed by atoms with Gasteiger partial charge in [-0.1, -0.05) is 12.1 Å². The Bertz CT molecular complexity index is 374. The van der Waals surface area contributed by atoms with E-state index in [9.17, 15) is 9.90 Å². The Morgan fingerprint density at radius 1 is 1.50 bits per heavy atom. The minimum absolute atomic E-state index is 0.107. The van der Waals surface area contributed by atoms with E-state index in [1.165, 1.54) is 0 Å². The van der Waals surface area contributed by atoms with Crippen LogP contribution in [-0.2, 0) is 4.79 Å². The normalized spacial score (nSPS) is 12.5. The summed E-state index contributed by atoms with van der Waals surface area (Å²) in [6.07, 6.45) is 0. The van der Waals surface area contributed by atoms with E-state index in [0.29, 0.717) is 10.0 Å². The third kappa shape index (κ3) is 1.90. The Morgan fingerprint density at radius 2 is 2.07 bits per heavy atom. The van der Waals surface area contributed by atoms with Gasteiger partial charge < -0.3 is 10.2 Å². The summed E-state index contributed by atoms with van der Waals surface area (Å²) in [6.45, 7) is 3.34. The molecule has 1 rings (SSSR count). The number of carboxylic acid groups (broad SMARTS) is 1. The second kappa shape index (κ2) is 4.00. The molecule has 0 aliphatic rings. The Kier molecular flexibility index (Phi) is 3.16. The number of benzene rings is 1. The summed E-state index contributed by atoms with van der Waals surface area (Å²) in [5, 5.41) is 18.4. The average molecular weight is 259 g/mol. The highest BCUT2D eigenvalue weighted by Gasteiger charge is 2.18. The quantitative estimate of drug-likeness (QED) is 0.858. The van der Waals surface area contributed by atoms with E-state index in [1.54, 1.807) is 26.0 Å². The zero-order chi connectivity index (χ0) is 10.9. The molecule has 1 aromatic carbocycles. The predicted octanol–water partition coefficient (Wildman–Crippen LogP) is 2.65. The van der Waals surface area contributed by atoms with Crippen molar-refractivity contribution in [3.8, 4) is 5.75 Å². The molecule has 0 radical (unpaired) electrons. The van der Waals surface area contributed by atoms with Crippen molar-refractivity contribution in [3.63, 3.8) is 0 Å². The lowest BCUT2D eigenvalue weighted by Gasteiger charge is -2.11. The molecule has 1 unspecified atom stereocenters. The lowest BCUT2D eigenvalue weighted by molar-refractivity contribution is -0.138. The first-order valence-electron chi connectivity index (χ1n) is 4.16. The molecule has 0 aromatic heterocycles. The van der Waals surface area contributed by atoms with Crippen LogP contribution in [0.5, 0.6) is 5.75 Å². The van der Waals surface area contributed by atoms with Crippen LogP contribution in [0.4, 0.5) is 0 Å². The number of aryl methyl sites for hydroxylation is 1. The summed E-state index contributed by atoms with van der Waals surface area (Å²) in [5.74, 6) is -1.43. The van der Waals surface area contributed by atoms with Gasteiger partial charge in [0.1, 0.15) is 5.75 Å². The number of carboxylic acids is 1. The number of rotatable bonds is 2. The Labute approximate surface area is 90.5 Å². The number of phenolic OH excluding ortho intramolecular Hbond substituents is 1. The number of carbonyl (C=O) groups is 1. The molecule has 0 amide bonds. The Morgan fingerprint density at radius 3 is 2.57 bits per heavy atom. The van der Waals surface area contributed by atoms with Gasteiger partial charge in [0, 0.05) is 0 Å². The molecule has 0 aliphatic heterocycles. The first-order valence-corrected chi connectivity index (χ1v) is 4.95. The molecule has 14 heavy (non-hydrogen) atoms. The van der Waals surface area contributed by atoms with Crippen molar-refractivity contribution in [2.24, 2.45) is 0 Å². The Hall–Kier alpha value is -1.03. The molecule has 0 fully saturated rings. The second-order valence-electron chi connectivity index (χ2n) is 3.19. The van der Waals surface area contributed by atoms with Gasteiger partial charge in [0.2, 0.25) is 0 Å². The molecule has 4 heteroatoms. The van der Waals surface area contributed by atoms with Crippen LogP contribution in [0.25, 0.3) is 0 Å². The maximum absolute atomic E-state index is 10.7. The monoisotopic (exact) mass is 258 g/mol. The summed E-state index contributed by atoms with van der Waals surface area (Å²) in [4.78, 5) is 10.7. The first-order chi connectivity index (χ1) is 6.45. The molecule has 0 spiro atoms. The smallest absolute Gasteiger partial charge is 0.310 e. The van der Waals surface area contributed by atoms with Crippen molar-refractivity contribution < 1.29 is 15.0 Å². The van der Waals surface area contributed by atoms with Crippen molar-refractivity contribution in [1.82, 2.24) is 0 Å². The van der Waals surface area contributed by atoms with E-state index in [4.69, 9.17) is 5.11 Å². The average Bonchev–Trinajstić information content (AvgIpc) is 2.13. The van der Waals surface area contributed by atoms with Crippen LogP contribution in [-0.4, -0.2) is 16.2 Å². The van der Waals surface area contributed by atoms with E-state index in [0.717, 1.165) is 5.56 Å². The van der Waals surface area contributed by atoms with Crippen molar-refractivity contribution in [3.05, 3.63) is 27.7 Å². The number of aromatic hydroxyl groups is 1. The van der Waals surface area contributed by atoms with Crippen molar-refractivity contribution in [1.29, 1.82) is 0 Å². The molecule has 2 N–H and O–H groups in total. The minimum Gasteiger partial charge on any atom is -0.506 e. The van der Waals surface area contributed by atoms with Crippen molar-refractivity contribution in [2.75, 3.05) is 0 Å². The van der Waals surface area contributed by atoms with Crippen LogP contribution in [0.3, 0.4) is 0 Å². The predicted molar refractivity (Wildman–Crippen MR) is 56.6 cm³/mol. The van der Waals surface area contributed by atoms with E-state index < -0.39 is 11.9 Å². The molecule has 0 bridgehead atoms. The highest BCUT2D eigenvalue weighted by Crippen LogP contribution is 2.34. The van der Waals surface area contributed by atoms with Crippen molar-refractivity contribution in [2.45, 2.75) is 19.8 Å². The van der Waals surface area contributed by atoms with Gasteiger partial charge in [-0.2, -0.15) is 0 Å². The zero-order valence-corrected chi connectivity index (χ0v) is 9.50. The maximum atomic E-state index is 10.7. The van der Waals surface area contributed by atoms with Crippen molar-refractivity contribution >= 4 is 21.9 Å². The molecule has 1 atom stereocenters. The lowest BCUT2D eigenvalue weighted by atomic mass is 10.00. The SMILES string of the molecule is Cc1ccc(C(C)C(=O)O)c(Br)c1O. The molecule has 76 valence electrons. The fraction of sp³-hybridized carbons (Fsp3) is 0.300. The largest absolute Gasteiger partial charge is 0.506 e.